The first-order valence-corrected chi connectivity index (χ1v) is 7.75. The molecule has 0 spiro atoms. The summed E-state index contributed by atoms with van der Waals surface area (Å²) in [6, 6.07) is 9.88. The fourth-order valence-electron chi connectivity index (χ4n) is 2.44. The molecular formula is C16H16Cl2N2O. The van der Waals surface area contributed by atoms with Gasteiger partial charge in [0.2, 0.25) is 0 Å². The van der Waals surface area contributed by atoms with Gasteiger partial charge in [-0.3, -0.25) is 0 Å². The minimum Gasteiger partial charge on any atom is -0.490 e. The van der Waals surface area contributed by atoms with E-state index in [9.17, 15) is 0 Å². The van der Waals surface area contributed by atoms with E-state index in [2.05, 4.69) is 10.3 Å². The van der Waals surface area contributed by atoms with Crippen molar-refractivity contribution in [2.45, 2.75) is 18.9 Å². The normalized spacial score (nSPS) is 17.9. The molecule has 1 fully saturated rings. The largest absolute Gasteiger partial charge is 0.490 e. The van der Waals surface area contributed by atoms with Gasteiger partial charge < -0.3 is 10.1 Å². The molecule has 21 heavy (non-hydrogen) atoms. The maximum absolute atomic E-state index is 6.19. The van der Waals surface area contributed by atoms with Gasteiger partial charge in [0.15, 0.2) is 0 Å². The van der Waals surface area contributed by atoms with Gasteiger partial charge in [0.05, 0.1) is 6.20 Å². The first-order chi connectivity index (χ1) is 10.2. The first kappa shape index (κ1) is 14.6. The van der Waals surface area contributed by atoms with Crippen molar-refractivity contribution in [3.8, 4) is 16.9 Å². The molecule has 1 aliphatic rings. The second-order valence-electron chi connectivity index (χ2n) is 5.12. The van der Waals surface area contributed by atoms with Crippen molar-refractivity contribution in [1.29, 1.82) is 0 Å². The SMILES string of the molecule is Clc1ccc(-c2cc(OC[C@@H]3CCCN3)cnc2Cl)cc1. The molecule has 1 aromatic heterocycles. The zero-order chi connectivity index (χ0) is 14.7. The molecule has 0 saturated carbocycles. The van der Waals surface area contributed by atoms with E-state index >= 15 is 0 Å². The number of benzene rings is 1. The minimum atomic E-state index is 0.430. The molecule has 3 nitrogen and oxygen atoms in total. The van der Waals surface area contributed by atoms with Gasteiger partial charge in [-0.1, -0.05) is 35.3 Å². The fourth-order valence-corrected chi connectivity index (χ4v) is 2.77. The van der Waals surface area contributed by atoms with E-state index in [0.717, 1.165) is 29.8 Å². The predicted octanol–water partition coefficient (Wildman–Crippen LogP) is 4.19. The molecule has 1 saturated heterocycles. The summed E-state index contributed by atoms with van der Waals surface area (Å²) in [6.07, 6.45) is 4.03. The van der Waals surface area contributed by atoms with Crippen molar-refractivity contribution < 1.29 is 4.74 Å². The van der Waals surface area contributed by atoms with Gasteiger partial charge >= 0.3 is 0 Å². The molecule has 1 aliphatic heterocycles. The van der Waals surface area contributed by atoms with Crippen LogP contribution in [0.15, 0.2) is 36.5 Å². The number of hydrogen-bond acceptors (Lipinski definition) is 3. The van der Waals surface area contributed by atoms with Crippen molar-refractivity contribution >= 4 is 23.2 Å². The number of rotatable bonds is 4. The van der Waals surface area contributed by atoms with E-state index in [1.807, 2.05) is 30.3 Å². The number of hydrogen-bond donors (Lipinski definition) is 1. The zero-order valence-electron chi connectivity index (χ0n) is 11.5. The van der Waals surface area contributed by atoms with E-state index in [4.69, 9.17) is 27.9 Å². The third-order valence-electron chi connectivity index (χ3n) is 3.58. The quantitative estimate of drug-likeness (QED) is 0.857. The molecule has 2 heterocycles. The summed E-state index contributed by atoms with van der Waals surface area (Å²) in [4.78, 5) is 4.21. The highest BCUT2D eigenvalue weighted by Gasteiger charge is 2.15. The number of nitrogens with zero attached hydrogens (tertiary/aromatic N) is 1. The second kappa shape index (κ2) is 6.65. The lowest BCUT2D eigenvalue weighted by Crippen LogP contribution is -2.28. The Morgan fingerprint density at radius 3 is 2.76 bits per heavy atom. The molecule has 0 aliphatic carbocycles. The second-order valence-corrected chi connectivity index (χ2v) is 5.92. The topological polar surface area (TPSA) is 34.1 Å². The minimum absolute atomic E-state index is 0.430. The molecule has 5 heteroatoms. The maximum atomic E-state index is 6.19. The number of nitrogens with one attached hydrogen (secondary N) is 1. The van der Waals surface area contributed by atoms with Crippen LogP contribution in [-0.2, 0) is 0 Å². The molecule has 2 aromatic rings. The molecule has 0 bridgehead atoms. The molecule has 3 rings (SSSR count). The molecule has 0 radical (unpaired) electrons. The van der Waals surface area contributed by atoms with Crippen molar-refractivity contribution in [2.24, 2.45) is 0 Å². The van der Waals surface area contributed by atoms with Crippen LogP contribution in [0.25, 0.3) is 11.1 Å². The van der Waals surface area contributed by atoms with Crippen LogP contribution in [0.2, 0.25) is 10.2 Å². The Kier molecular flexibility index (Phi) is 4.63. The zero-order valence-corrected chi connectivity index (χ0v) is 13.0. The molecule has 1 N–H and O–H groups in total. The Morgan fingerprint density at radius 2 is 2.05 bits per heavy atom. The lowest BCUT2D eigenvalue weighted by atomic mass is 10.1. The Bertz CT molecular complexity index is 610. The van der Waals surface area contributed by atoms with Crippen molar-refractivity contribution in [1.82, 2.24) is 10.3 Å². The summed E-state index contributed by atoms with van der Waals surface area (Å²) in [5.74, 6) is 0.734. The summed E-state index contributed by atoms with van der Waals surface area (Å²) in [5.41, 5.74) is 1.83. The van der Waals surface area contributed by atoms with E-state index in [1.165, 1.54) is 6.42 Å². The van der Waals surface area contributed by atoms with Crippen LogP contribution in [0.5, 0.6) is 5.75 Å². The van der Waals surface area contributed by atoms with Crippen LogP contribution in [-0.4, -0.2) is 24.2 Å². The molecule has 1 atom stereocenters. The Labute approximate surface area is 134 Å². The third kappa shape index (κ3) is 3.67. The summed E-state index contributed by atoms with van der Waals surface area (Å²) >= 11 is 12.1. The average molecular weight is 323 g/mol. The molecule has 110 valence electrons. The van der Waals surface area contributed by atoms with Crippen LogP contribution in [0, 0.1) is 0 Å². The highest BCUT2D eigenvalue weighted by molar-refractivity contribution is 6.32. The number of ether oxygens (including phenoxy) is 1. The van der Waals surface area contributed by atoms with Crippen LogP contribution in [0.3, 0.4) is 0 Å². The summed E-state index contributed by atoms with van der Waals surface area (Å²) in [7, 11) is 0. The maximum Gasteiger partial charge on any atom is 0.138 e. The fraction of sp³-hybridized carbons (Fsp3) is 0.312. The molecule has 0 unspecified atom stereocenters. The van der Waals surface area contributed by atoms with Crippen molar-refractivity contribution in [3.63, 3.8) is 0 Å². The van der Waals surface area contributed by atoms with Crippen LogP contribution >= 0.6 is 23.2 Å². The van der Waals surface area contributed by atoms with Crippen molar-refractivity contribution in [3.05, 3.63) is 46.7 Å². The predicted molar refractivity (Wildman–Crippen MR) is 86.2 cm³/mol. The van der Waals surface area contributed by atoms with Crippen molar-refractivity contribution in [2.75, 3.05) is 13.2 Å². The van der Waals surface area contributed by atoms with E-state index in [-0.39, 0.29) is 0 Å². The Balaban J connectivity index is 1.77. The van der Waals surface area contributed by atoms with Gasteiger partial charge in [-0.25, -0.2) is 4.98 Å². The molecule has 1 aromatic carbocycles. The summed E-state index contributed by atoms with van der Waals surface area (Å²) in [6.45, 7) is 1.73. The lowest BCUT2D eigenvalue weighted by Gasteiger charge is -2.13. The lowest BCUT2D eigenvalue weighted by molar-refractivity contribution is 0.276. The van der Waals surface area contributed by atoms with Gasteiger partial charge in [0, 0.05) is 16.6 Å². The third-order valence-corrected chi connectivity index (χ3v) is 4.14. The summed E-state index contributed by atoms with van der Waals surface area (Å²) < 4.78 is 5.82. The Hall–Kier alpha value is -1.29. The highest BCUT2D eigenvalue weighted by atomic mass is 35.5. The monoisotopic (exact) mass is 322 g/mol. The van der Waals surface area contributed by atoms with Gasteiger partial charge in [0.25, 0.3) is 0 Å². The van der Waals surface area contributed by atoms with Gasteiger partial charge in [-0.15, -0.1) is 0 Å². The van der Waals surface area contributed by atoms with E-state index < -0.39 is 0 Å². The number of aromatic nitrogens is 1. The average Bonchev–Trinajstić information content (AvgIpc) is 3.01. The number of pyridine rings is 1. The number of halogens is 2. The van der Waals surface area contributed by atoms with Crippen LogP contribution in [0.1, 0.15) is 12.8 Å². The Morgan fingerprint density at radius 1 is 1.24 bits per heavy atom. The van der Waals surface area contributed by atoms with Crippen LogP contribution < -0.4 is 10.1 Å². The summed E-state index contributed by atoms with van der Waals surface area (Å²) in [5, 5.41) is 4.56. The van der Waals surface area contributed by atoms with E-state index in [0.29, 0.717) is 22.8 Å². The van der Waals surface area contributed by atoms with Gasteiger partial charge in [0.1, 0.15) is 17.5 Å². The highest BCUT2D eigenvalue weighted by Crippen LogP contribution is 2.30. The first-order valence-electron chi connectivity index (χ1n) is 7.00. The smallest absolute Gasteiger partial charge is 0.138 e. The van der Waals surface area contributed by atoms with Crippen LogP contribution in [0.4, 0.5) is 0 Å². The molecule has 0 amide bonds. The van der Waals surface area contributed by atoms with E-state index in [1.54, 1.807) is 6.20 Å². The standard InChI is InChI=1S/C16H16Cl2N2O/c17-12-5-3-11(4-6-12)15-8-14(9-20-16(15)18)21-10-13-2-1-7-19-13/h3-6,8-9,13,19H,1-2,7,10H2/t13-/m0/s1. The van der Waals surface area contributed by atoms with Gasteiger partial charge in [-0.2, -0.15) is 0 Å². The van der Waals surface area contributed by atoms with Gasteiger partial charge in [-0.05, 0) is 43.1 Å². The molecular weight excluding hydrogens is 307 g/mol.